The lowest BCUT2D eigenvalue weighted by molar-refractivity contribution is -0.121. The third kappa shape index (κ3) is 3.78. The van der Waals surface area contributed by atoms with Crippen molar-refractivity contribution in [2.24, 2.45) is 0 Å². The van der Waals surface area contributed by atoms with Crippen molar-refractivity contribution >= 4 is 22.7 Å². The van der Waals surface area contributed by atoms with Crippen molar-refractivity contribution in [1.29, 1.82) is 0 Å². The predicted octanol–water partition coefficient (Wildman–Crippen LogP) is 4.46. The summed E-state index contributed by atoms with van der Waals surface area (Å²) in [6.07, 6.45) is 3.05. The number of rotatable bonds is 7. The summed E-state index contributed by atoms with van der Waals surface area (Å²) in [5.74, 6) is -0.0599. The van der Waals surface area contributed by atoms with Gasteiger partial charge in [-0.3, -0.25) is 9.59 Å². The second-order valence-electron chi connectivity index (χ2n) is 8.11. The minimum absolute atomic E-state index is 0.0204. The SMILES string of the molecule is O=C(CCN1C(=O)c2ccccc2C1c1c[nH]c2ccccc12)NCCc1ccccc1. The second-order valence-corrected chi connectivity index (χ2v) is 8.11. The first kappa shape index (κ1) is 20.1. The molecule has 1 unspecified atom stereocenters. The van der Waals surface area contributed by atoms with Gasteiger partial charge in [0.2, 0.25) is 5.91 Å². The van der Waals surface area contributed by atoms with E-state index in [4.69, 9.17) is 0 Å². The fraction of sp³-hybridized carbons (Fsp3) is 0.185. The molecule has 2 amide bonds. The molecular weight excluding hydrogens is 398 g/mol. The quantitative estimate of drug-likeness (QED) is 0.461. The van der Waals surface area contributed by atoms with Crippen LogP contribution in [0.4, 0.5) is 0 Å². The van der Waals surface area contributed by atoms with Gasteiger partial charge in [-0.25, -0.2) is 0 Å². The number of carbonyl (C=O) groups excluding carboxylic acids is 2. The Kier molecular flexibility index (Phi) is 5.46. The smallest absolute Gasteiger partial charge is 0.255 e. The summed E-state index contributed by atoms with van der Waals surface area (Å²) in [5, 5.41) is 4.08. The number of aromatic amines is 1. The number of hydrogen-bond donors (Lipinski definition) is 2. The highest BCUT2D eigenvalue weighted by Crippen LogP contribution is 2.41. The lowest BCUT2D eigenvalue weighted by Crippen LogP contribution is -2.34. The van der Waals surface area contributed by atoms with Gasteiger partial charge in [-0.1, -0.05) is 66.7 Å². The molecule has 3 aromatic carbocycles. The first-order chi connectivity index (χ1) is 15.7. The first-order valence-corrected chi connectivity index (χ1v) is 11.0. The number of nitrogens with one attached hydrogen (secondary N) is 2. The van der Waals surface area contributed by atoms with E-state index >= 15 is 0 Å². The van der Waals surface area contributed by atoms with Crippen molar-refractivity contribution in [3.8, 4) is 0 Å². The molecule has 160 valence electrons. The third-order valence-electron chi connectivity index (χ3n) is 6.13. The summed E-state index contributed by atoms with van der Waals surface area (Å²) in [6.45, 7) is 0.956. The molecule has 1 atom stereocenters. The number of para-hydroxylation sites is 1. The van der Waals surface area contributed by atoms with E-state index in [2.05, 4.69) is 28.5 Å². The molecule has 0 fully saturated rings. The number of carbonyl (C=O) groups is 2. The molecule has 1 aliphatic heterocycles. The van der Waals surface area contributed by atoms with E-state index in [1.54, 1.807) is 0 Å². The third-order valence-corrected chi connectivity index (χ3v) is 6.13. The fourth-order valence-corrected chi connectivity index (χ4v) is 4.56. The van der Waals surface area contributed by atoms with Crippen LogP contribution in [0.1, 0.15) is 39.5 Å². The molecule has 1 aromatic heterocycles. The zero-order valence-electron chi connectivity index (χ0n) is 17.8. The van der Waals surface area contributed by atoms with Gasteiger partial charge < -0.3 is 15.2 Å². The summed E-state index contributed by atoms with van der Waals surface area (Å²) in [4.78, 5) is 30.9. The van der Waals surface area contributed by atoms with E-state index < -0.39 is 0 Å². The highest BCUT2D eigenvalue weighted by Gasteiger charge is 2.38. The normalized spacial score (nSPS) is 15.2. The fourth-order valence-electron chi connectivity index (χ4n) is 4.56. The molecule has 4 aromatic rings. The van der Waals surface area contributed by atoms with Gasteiger partial charge in [0.25, 0.3) is 5.91 Å². The first-order valence-electron chi connectivity index (χ1n) is 11.0. The van der Waals surface area contributed by atoms with E-state index in [1.165, 1.54) is 5.56 Å². The van der Waals surface area contributed by atoms with E-state index in [0.717, 1.165) is 28.5 Å². The maximum atomic E-state index is 13.2. The average Bonchev–Trinajstić information content (AvgIpc) is 3.37. The van der Waals surface area contributed by atoms with Crippen LogP contribution in [0.15, 0.2) is 85.1 Å². The zero-order valence-corrected chi connectivity index (χ0v) is 17.8. The van der Waals surface area contributed by atoms with Crippen LogP contribution in [0.2, 0.25) is 0 Å². The summed E-state index contributed by atoms with van der Waals surface area (Å²) >= 11 is 0. The molecule has 0 bridgehead atoms. The zero-order chi connectivity index (χ0) is 21.9. The molecule has 0 saturated heterocycles. The lowest BCUT2D eigenvalue weighted by Gasteiger charge is -2.25. The van der Waals surface area contributed by atoms with Gasteiger partial charge in [0.05, 0.1) is 6.04 Å². The summed E-state index contributed by atoms with van der Waals surface area (Å²) in [7, 11) is 0. The number of fused-ring (bicyclic) bond motifs is 2. The Morgan fingerprint density at radius 1 is 0.906 bits per heavy atom. The molecule has 5 rings (SSSR count). The van der Waals surface area contributed by atoms with Gasteiger partial charge in [0, 0.05) is 47.7 Å². The van der Waals surface area contributed by atoms with Crippen molar-refractivity contribution in [2.45, 2.75) is 18.9 Å². The van der Waals surface area contributed by atoms with Crippen LogP contribution in [-0.4, -0.2) is 34.8 Å². The highest BCUT2D eigenvalue weighted by atomic mass is 16.2. The number of hydrogen-bond acceptors (Lipinski definition) is 2. The Bertz CT molecular complexity index is 1260. The Morgan fingerprint density at radius 2 is 1.66 bits per heavy atom. The van der Waals surface area contributed by atoms with Gasteiger partial charge >= 0.3 is 0 Å². The monoisotopic (exact) mass is 423 g/mol. The minimum Gasteiger partial charge on any atom is -0.361 e. The van der Waals surface area contributed by atoms with Gasteiger partial charge in [0.1, 0.15) is 0 Å². The van der Waals surface area contributed by atoms with Gasteiger partial charge in [0.15, 0.2) is 0 Å². The molecule has 5 heteroatoms. The lowest BCUT2D eigenvalue weighted by atomic mass is 9.97. The molecule has 2 heterocycles. The molecule has 0 saturated carbocycles. The van der Waals surface area contributed by atoms with Crippen molar-refractivity contribution in [3.05, 3.63) is 107 Å². The second kappa shape index (κ2) is 8.71. The number of benzene rings is 3. The molecule has 2 N–H and O–H groups in total. The molecule has 1 aliphatic rings. The Balaban J connectivity index is 1.32. The largest absolute Gasteiger partial charge is 0.361 e. The highest BCUT2D eigenvalue weighted by molar-refractivity contribution is 6.01. The van der Waals surface area contributed by atoms with Gasteiger partial charge in [-0.15, -0.1) is 0 Å². The number of amides is 2. The Hall–Kier alpha value is -3.86. The van der Waals surface area contributed by atoms with Crippen molar-refractivity contribution in [2.75, 3.05) is 13.1 Å². The molecule has 0 radical (unpaired) electrons. The number of nitrogens with zero attached hydrogens (tertiary/aromatic N) is 1. The standard InChI is InChI=1S/C27H25N3O2/c31-25(28-16-14-19-8-2-1-3-9-19)15-17-30-26(21-11-4-5-12-22(21)27(30)32)23-18-29-24-13-7-6-10-20(23)24/h1-13,18,26,29H,14-17H2,(H,28,31). The summed E-state index contributed by atoms with van der Waals surface area (Å²) in [6, 6.07) is 25.7. The maximum Gasteiger partial charge on any atom is 0.255 e. The summed E-state index contributed by atoms with van der Waals surface area (Å²) in [5.41, 5.74) is 5.00. The maximum absolute atomic E-state index is 13.2. The molecular formula is C27H25N3O2. The van der Waals surface area contributed by atoms with Crippen LogP contribution < -0.4 is 5.32 Å². The van der Waals surface area contributed by atoms with E-state index in [0.29, 0.717) is 18.7 Å². The van der Waals surface area contributed by atoms with E-state index in [1.807, 2.05) is 71.8 Å². The van der Waals surface area contributed by atoms with Crippen LogP contribution in [0.25, 0.3) is 10.9 Å². The van der Waals surface area contributed by atoms with Crippen molar-refractivity contribution in [3.63, 3.8) is 0 Å². The predicted molar refractivity (Wildman–Crippen MR) is 125 cm³/mol. The minimum atomic E-state index is -0.202. The molecule has 0 aliphatic carbocycles. The van der Waals surface area contributed by atoms with Crippen molar-refractivity contribution < 1.29 is 9.59 Å². The molecule has 5 nitrogen and oxygen atoms in total. The van der Waals surface area contributed by atoms with Gasteiger partial charge in [-0.2, -0.15) is 0 Å². The van der Waals surface area contributed by atoms with Crippen LogP contribution in [0, 0.1) is 0 Å². The van der Waals surface area contributed by atoms with E-state index in [9.17, 15) is 9.59 Å². The molecule has 32 heavy (non-hydrogen) atoms. The van der Waals surface area contributed by atoms with Gasteiger partial charge in [-0.05, 0) is 29.7 Å². The van der Waals surface area contributed by atoms with Crippen LogP contribution in [-0.2, 0) is 11.2 Å². The van der Waals surface area contributed by atoms with Crippen LogP contribution in [0.3, 0.4) is 0 Å². The van der Waals surface area contributed by atoms with E-state index in [-0.39, 0.29) is 24.3 Å². The number of H-pyrrole nitrogens is 1. The Morgan fingerprint density at radius 3 is 2.53 bits per heavy atom. The Labute approximate surface area is 187 Å². The van der Waals surface area contributed by atoms with Crippen LogP contribution >= 0.6 is 0 Å². The number of aromatic nitrogens is 1. The topological polar surface area (TPSA) is 65.2 Å². The van der Waals surface area contributed by atoms with Crippen molar-refractivity contribution in [1.82, 2.24) is 15.2 Å². The average molecular weight is 424 g/mol. The summed E-state index contributed by atoms with van der Waals surface area (Å²) < 4.78 is 0. The molecule has 0 spiro atoms. The van der Waals surface area contributed by atoms with Crippen LogP contribution in [0.5, 0.6) is 0 Å².